The zero-order chi connectivity index (χ0) is 24.1. The molecule has 4 atom stereocenters. The highest BCUT2D eigenvalue weighted by atomic mass is 16.6. The van der Waals surface area contributed by atoms with Crippen LogP contribution in [0.1, 0.15) is 31.1 Å². The van der Waals surface area contributed by atoms with Crippen LogP contribution in [0.15, 0.2) is 43.0 Å². The molecule has 1 amide bonds. The van der Waals surface area contributed by atoms with E-state index in [2.05, 4.69) is 25.6 Å². The van der Waals surface area contributed by atoms with Gasteiger partial charge in [-0.15, -0.1) is 0 Å². The van der Waals surface area contributed by atoms with Gasteiger partial charge in [-0.05, 0) is 12.0 Å². The summed E-state index contributed by atoms with van der Waals surface area (Å²) in [6, 6.07) is 9.80. The lowest BCUT2D eigenvalue weighted by molar-refractivity contribution is -0.137. The van der Waals surface area contributed by atoms with Gasteiger partial charge in [0.1, 0.15) is 24.6 Å². The minimum Gasteiger partial charge on any atom is -0.481 e. The highest BCUT2D eigenvalue weighted by Gasteiger charge is 2.44. The van der Waals surface area contributed by atoms with Gasteiger partial charge in [0.2, 0.25) is 5.91 Å². The first kappa shape index (κ1) is 23.5. The quantitative estimate of drug-likeness (QED) is 0.280. The molecule has 4 rings (SSSR count). The molecule has 2 aromatic heterocycles. The minimum atomic E-state index is -1.28. The van der Waals surface area contributed by atoms with Crippen LogP contribution in [0.3, 0.4) is 0 Å². The maximum atomic E-state index is 11.9. The third-order valence-corrected chi connectivity index (χ3v) is 5.57. The number of aliphatic hydroxyl groups excluding tert-OH is 2. The number of nitrogens with zero attached hydrogens (tertiary/aromatic N) is 4. The summed E-state index contributed by atoms with van der Waals surface area (Å²) in [4.78, 5) is 35.4. The first-order chi connectivity index (χ1) is 16.4. The van der Waals surface area contributed by atoms with E-state index in [4.69, 9.17) is 9.84 Å². The van der Waals surface area contributed by atoms with Gasteiger partial charge in [0.25, 0.3) is 0 Å². The van der Waals surface area contributed by atoms with E-state index in [1.54, 1.807) is 0 Å². The van der Waals surface area contributed by atoms with Crippen LogP contribution < -0.4 is 10.6 Å². The molecule has 34 heavy (non-hydrogen) atoms. The highest BCUT2D eigenvalue weighted by Crippen LogP contribution is 2.32. The molecular weight excluding hydrogens is 444 g/mol. The van der Waals surface area contributed by atoms with Crippen LogP contribution in [-0.2, 0) is 20.9 Å². The first-order valence-corrected chi connectivity index (χ1v) is 10.9. The molecule has 12 heteroatoms. The van der Waals surface area contributed by atoms with Crippen LogP contribution in [0, 0.1) is 0 Å². The lowest BCUT2D eigenvalue weighted by Gasteiger charge is -2.16. The van der Waals surface area contributed by atoms with Gasteiger partial charge in [0, 0.05) is 25.9 Å². The first-order valence-electron chi connectivity index (χ1n) is 10.9. The van der Waals surface area contributed by atoms with Crippen molar-refractivity contribution in [2.45, 2.75) is 50.3 Å². The molecule has 0 bridgehead atoms. The largest absolute Gasteiger partial charge is 0.481 e. The topological polar surface area (TPSA) is 172 Å². The number of aliphatic carboxylic acids is 1. The maximum Gasteiger partial charge on any atom is 0.303 e. The Morgan fingerprint density at radius 1 is 1.06 bits per heavy atom. The second-order valence-corrected chi connectivity index (χ2v) is 7.98. The fraction of sp³-hybridized carbons (Fsp3) is 0.409. The molecule has 0 radical (unpaired) electrons. The number of anilines is 1. The van der Waals surface area contributed by atoms with E-state index >= 15 is 0 Å². The normalized spacial score (nSPS) is 22.1. The van der Waals surface area contributed by atoms with Gasteiger partial charge < -0.3 is 30.7 Å². The predicted octanol–water partition coefficient (Wildman–Crippen LogP) is 0.429. The Hall–Kier alpha value is -3.61. The molecule has 1 aliphatic rings. The van der Waals surface area contributed by atoms with Gasteiger partial charge in [0.15, 0.2) is 23.2 Å². The van der Waals surface area contributed by atoms with Crippen molar-refractivity contribution in [1.29, 1.82) is 0 Å². The summed E-state index contributed by atoms with van der Waals surface area (Å²) in [5.74, 6) is -0.807. The Labute approximate surface area is 194 Å². The Kier molecular flexibility index (Phi) is 7.30. The van der Waals surface area contributed by atoms with E-state index < -0.39 is 30.5 Å². The minimum absolute atomic E-state index is 0.0356. The number of carboxylic acids is 1. The number of aromatic nitrogens is 4. The third kappa shape index (κ3) is 5.30. The third-order valence-electron chi connectivity index (χ3n) is 5.57. The van der Waals surface area contributed by atoms with Crippen molar-refractivity contribution in [1.82, 2.24) is 24.8 Å². The summed E-state index contributed by atoms with van der Waals surface area (Å²) >= 11 is 0. The molecule has 3 heterocycles. The van der Waals surface area contributed by atoms with Gasteiger partial charge in [-0.1, -0.05) is 30.3 Å². The summed E-state index contributed by atoms with van der Waals surface area (Å²) in [7, 11) is 0. The number of aliphatic hydroxyl groups is 2. The van der Waals surface area contributed by atoms with Crippen LogP contribution >= 0.6 is 0 Å². The van der Waals surface area contributed by atoms with E-state index in [0.717, 1.165) is 5.56 Å². The molecule has 1 saturated heterocycles. The van der Waals surface area contributed by atoms with Crippen LogP contribution in [0.4, 0.5) is 5.82 Å². The molecule has 0 saturated carbocycles. The van der Waals surface area contributed by atoms with Gasteiger partial charge in [-0.3, -0.25) is 14.2 Å². The summed E-state index contributed by atoms with van der Waals surface area (Å²) in [5.41, 5.74) is 1.97. The Bertz CT molecular complexity index is 1140. The smallest absolute Gasteiger partial charge is 0.303 e. The fourth-order valence-electron chi connectivity index (χ4n) is 3.78. The standard InChI is InChI=1S/C22H26N6O6/c29-15(7-4-8-16(30)31)23-10-14-18(32)19(33)22(34-14)28-12-27-17-20(25-11-26-21(17)28)24-9-13-5-2-1-3-6-13/h1-3,5-6,11-12,14,18-19,22,32-33H,4,7-10H2,(H,23,29)(H,30,31)(H,24,25,26). The molecule has 0 spiro atoms. The molecular formula is C22H26N6O6. The number of carbonyl (C=O) groups is 2. The summed E-state index contributed by atoms with van der Waals surface area (Å²) in [5, 5.41) is 35.5. The highest BCUT2D eigenvalue weighted by molar-refractivity contribution is 5.82. The van der Waals surface area contributed by atoms with Gasteiger partial charge in [-0.25, -0.2) is 15.0 Å². The van der Waals surface area contributed by atoms with Crippen molar-refractivity contribution in [3.8, 4) is 0 Å². The molecule has 1 fully saturated rings. The lowest BCUT2D eigenvalue weighted by atomic mass is 10.1. The number of imidazole rings is 1. The SMILES string of the molecule is O=C(O)CCCC(=O)NCC1OC(n2cnc3c(NCc4ccccc4)ncnc32)C(O)C1O. The average Bonchev–Trinajstić information content (AvgIpc) is 3.38. The second kappa shape index (κ2) is 10.5. The number of nitrogens with one attached hydrogen (secondary N) is 2. The van der Waals surface area contributed by atoms with Crippen LogP contribution in [0.25, 0.3) is 11.2 Å². The number of carbonyl (C=O) groups excluding carboxylic acids is 1. The number of hydrogen-bond donors (Lipinski definition) is 5. The molecule has 3 aromatic rings. The van der Waals surface area contributed by atoms with Crippen LogP contribution in [0.2, 0.25) is 0 Å². The van der Waals surface area contributed by atoms with Gasteiger partial charge in [0.05, 0.1) is 6.33 Å². The fourth-order valence-corrected chi connectivity index (χ4v) is 3.78. The van der Waals surface area contributed by atoms with Crippen molar-refractivity contribution in [3.05, 3.63) is 48.5 Å². The average molecular weight is 470 g/mol. The molecule has 0 aliphatic carbocycles. The van der Waals surface area contributed by atoms with E-state index in [-0.39, 0.29) is 31.7 Å². The van der Waals surface area contributed by atoms with E-state index in [9.17, 15) is 19.8 Å². The number of carboxylic acid groups (broad SMARTS) is 1. The van der Waals surface area contributed by atoms with Crippen LogP contribution in [-0.4, -0.2) is 71.6 Å². The Morgan fingerprint density at radius 3 is 2.62 bits per heavy atom. The molecule has 12 nitrogen and oxygen atoms in total. The van der Waals surface area contributed by atoms with Crippen molar-refractivity contribution in [2.24, 2.45) is 0 Å². The number of benzene rings is 1. The van der Waals surface area contributed by atoms with Crippen molar-refractivity contribution < 1.29 is 29.6 Å². The van der Waals surface area contributed by atoms with Gasteiger partial charge >= 0.3 is 5.97 Å². The van der Waals surface area contributed by atoms with Crippen molar-refractivity contribution >= 4 is 28.9 Å². The van der Waals surface area contributed by atoms with Crippen molar-refractivity contribution in [3.63, 3.8) is 0 Å². The number of fused-ring (bicyclic) bond motifs is 1. The van der Waals surface area contributed by atoms with E-state index in [1.807, 2.05) is 30.3 Å². The Balaban J connectivity index is 1.41. The van der Waals surface area contributed by atoms with E-state index in [1.165, 1.54) is 17.2 Å². The summed E-state index contributed by atoms with van der Waals surface area (Å²) in [6.07, 6.45) is -1.37. The number of ether oxygens (including phenoxy) is 1. The van der Waals surface area contributed by atoms with E-state index in [0.29, 0.717) is 23.5 Å². The number of amides is 1. The monoisotopic (exact) mass is 470 g/mol. The molecule has 4 unspecified atom stereocenters. The number of hydrogen-bond acceptors (Lipinski definition) is 9. The van der Waals surface area contributed by atoms with Crippen molar-refractivity contribution in [2.75, 3.05) is 11.9 Å². The summed E-state index contributed by atoms with van der Waals surface area (Å²) in [6.45, 7) is 0.501. The lowest BCUT2D eigenvalue weighted by Crippen LogP contribution is -2.39. The zero-order valence-electron chi connectivity index (χ0n) is 18.2. The predicted molar refractivity (Wildman–Crippen MR) is 120 cm³/mol. The second-order valence-electron chi connectivity index (χ2n) is 7.98. The molecule has 5 N–H and O–H groups in total. The molecule has 180 valence electrons. The zero-order valence-corrected chi connectivity index (χ0v) is 18.2. The van der Waals surface area contributed by atoms with Gasteiger partial charge in [-0.2, -0.15) is 0 Å². The molecule has 1 aromatic carbocycles. The van der Waals surface area contributed by atoms with Crippen LogP contribution in [0.5, 0.6) is 0 Å². The summed E-state index contributed by atoms with van der Waals surface area (Å²) < 4.78 is 7.36. The Morgan fingerprint density at radius 2 is 1.85 bits per heavy atom. The number of rotatable bonds is 10. The maximum absolute atomic E-state index is 11.9. The molecule has 1 aliphatic heterocycles.